The van der Waals surface area contributed by atoms with Gasteiger partial charge in [-0.1, -0.05) is 32.0 Å². The van der Waals surface area contributed by atoms with Gasteiger partial charge in [0.25, 0.3) is 5.91 Å². The molecule has 1 unspecified atom stereocenters. The highest BCUT2D eigenvalue weighted by molar-refractivity contribution is 5.95. The van der Waals surface area contributed by atoms with Crippen molar-refractivity contribution in [1.29, 1.82) is 0 Å². The van der Waals surface area contributed by atoms with E-state index in [-0.39, 0.29) is 5.91 Å². The van der Waals surface area contributed by atoms with Crippen molar-refractivity contribution >= 4 is 5.91 Å². The van der Waals surface area contributed by atoms with Crippen molar-refractivity contribution in [2.75, 3.05) is 19.6 Å². The molecule has 0 radical (unpaired) electrons. The molecule has 0 aromatic heterocycles. The van der Waals surface area contributed by atoms with Crippen LogP contribution in [0.2, 0.25) is 0 Å². The maximum absolute atomic E-state index is 12.3. The molecule has 20 heavy (non-hydrogen) atoms. The minimum atomic E-state index is 0.0490. The lowest BCUT2D eigenvalue weighted by Gasteiger charge is -2.31. The summed E-state index contributed by atoms with van der Waals surface area (Å²) >= 11 is 0. The highest BCUT2D eigenvalue weighted by Crippen LogP contribution is 2.17. The second kappa shape index (κ2) is 6.89. The number of rotatable bonds is 5. The number of hydrogen-bond acceptors (Lipinski definition) is 2. The Hall–Kier alpha value is -1.35. The number of aryl methyl sites for hydroxylation is 1. The lowest BCUT2D eigenvalue weighted by atomic mass is 10.0. The van der Waals surface area contributed by atoms with E-state index in [1.807, 2.05) is 31.2 Å². The van der Waals surface area contributed by atoms with Gasteiger partial charge in [-0.15, -0.1) is 0 Å². The van der Waals surface area contributed by atoms with E-state index in [0.717, 1.165) is 17.7 Å². The van der Waals surface area contributed by atoms with Gasteiger partial charge in [0.15, 0.2) is 0 Å². The minimum Gasteiger partial charge on any atom is -0.350 e. The first-order chi connectivity index (χ1) is 9.59. The summed E-state index contributed by atoms with van der Waals surface area (Å²) in [4.78, 5) is 14.8. The highest BCUT2D eigenvalue weighted by Gasteiger charge is 2.25. The number of carbonyl (C=O) groups excluding carboxylic acids is 1. The van der Waals surface area contributed by atoms with E-state index >= 15 is 0 Å². The van der Waals surface area contributed by atoms with Crippen LogP contribution in [0.4, 0.5) is 0 Å². The van der Waals surface area contributed by atoms with Gasteiger partial charge >= 0.3 is 0 Å². The van der Waals surface area contributed by atoms with Gasteiger partial charge in [0, 0.05) is 18.2 Å². The maximum atomic E-state index is 12.3. The van der Waals surface area contributed by atoms with Gasteiger partial charge in [-0.3, -0.25) is 9.69 Å². The molecule has 1 aliphatic heterocycles. The highest BCUT2D eigenvalue weighted by atomic mass is 16.1. The quantitative estimate of drug-likeness (QED) is 0.895. The van der Waals surface area contributed by atoms with E-state index in [1.165, 1.54) is 25.9 Å². The zero-order chi connectivity index (χ0) is 14.5. The Bertz CT molecular complexity index is 450. The van der Waals surface area contributed by atoms with Crippen LogP contribution in [0.5, 0.6) is 0 Å². The summed E-state index contributed by atoms with van der Waals surface area (Å²) in [6.45, 7) is 9.54. The number of nitrogens with one attached hydrogen (secondary N) is 1. The standard InChI is InChI=1S/C17H26N2O/c1-13(2)16(19-10-6-7-11-19)12-18-17(20)15-9-5-4-8-14(15)3/h4-5,8-9,13,16H,6-7,10-12H2,1-3H3,(H,18,20). The summed E-state index contributed by atoms with van der Waals surface area (Å²) in [5.41, 5.74) is 1.82. The Morgan fingerprint density at radius 2 is 1.90 bits per heavy atom. The van der Waals surface area contributed by atoms with Crippen molar-refractivity contribution in [2.24, 2.45) is 5.92 Å². The van der Waals surface area contributed by atoms with Crippen LogP contribution in [0.25, 0.3) is 0 Å². The fourth-order valence-electron chi connectivity index (χ4n) is 2.98. The van der Waals surface area contributed by atoms with Crippen LogP contribution in [0, 0.1) is 12.8 Å². The number of hydrogen-bond donors (Lipinski definition) is 1. The third kappa shape index (κ3) is 3.60. The van der Waals surface area contributed by atoms with Crippen LogP contribution in [0.15, 0.2) is 24.3 Å². The second-order valence-corrected chi connectivity index (χ2v) is 6.08. The van der Waals surface area contributed by atoms with Crippen LogP contribution in [0.1, 0.15) is 42.6 Å². The first kappa shape index (κ1) is 15.0. The van der Waals surface area contributed by atoms with Crippen LogP contribution in [0.3, 0.4) is 0 Å². The predicted molar refractivity (Wildman–Crippen MR) is 82.9 cm³/mol. The monoisotopic (exact) mass is 274 g/mol. The van der Waals surface area contributed by atoms with Gasteiger partial charge in [0.1, 0.15) is 0 Å². The van der Waals surface area contributed by atoms with Crippen LogP contribution in [-0.2, 0) is 0 Å². The number of benzene rings is 1. The molecule has 0 saturated carbocycles. The molecule has 110 valence electrons. The largest absolute Gasteiger partial charge is 0.350 e. The summed E-state index contributed by atoms with van der Waals surface area (Å²) in [5.74, 6) is 0.609. The van der Waals surface area contributed by atoms with Gasteiger partial charge in [-0.05, 0) is 50.4 Å². The summed E-state index contributed by atoms with van der Waals surface area (Å²) in [6, 6.07) is 8.21. The molecule has 0 aliphatic carbocycles. The van der Waals surface area contributed by atoms with E-state index < -0.39 is 0 Å². The molecule has 1 heterocycles. The Labute approximate surface area is 122 Å². The van der Waals surface area contributed by atoms with Crippen molar-refractivity contribution in [3.8, 4) is 0 Å². The van der Waals surface area contributed by atoms with Gasteiger partial charge in [-0.2, -0.15) is 0 Å². The molecule has 1 N–H and O–H groups in total. The molecule has 1 aromatic carbocycles. The van der Waals surface area contributed by atoms with Crippen LogP contribution >= 0.6 is 0 Å². The molecule has 1 aromatic rings. The molecular weight excluding hydrogens is 248 g/mol. The lowest BCUT2D eigenvalue weighted by molar-refractivity contribution is 0.0926. The molecule has 1 atom stereocenters. The molecule has 1 amide bonds. The molecule has 1 fully saturated rings. The molecule has 1 aliphatic rings. The van der Waals surface area contributed by atoms with Crippen molar-refractivity contribution in [2.45, 2.75) is 39.7 Å². The van der Waals surface area contributed by atoms with E-state index in [1.54, 1.807) is 0 Å². The average molecular weight is 274 g/mol. The van der Waals surface area contributed by atoms with E-state index in [0.29, 0.717) is 12.0 Å². The summed E-state index contributed by atoms with van der Waals surface area (Å²) < 4.78 is 0. The summed E-state index contributed by atoms with van der Waals surface area (Å²) in [7, 11) is 0. The Kier molecular flexibility index (Phi) is 5.18. The molecule has 2 rings (SSSR count). The van der Waals surface area contributed by atoms with Gasteiger partial charge in [0.05, 0.1) is 0 Å². The number of amides is 1. The van der Waals surface area contributed by atoms with E-state index in [2.05, 4.69) is 24.1 Å². The number of carbonyl (C=O) groups is 1. The second-order valence-electron chi connectivity index (χ2n) is 6.08. The van der Waals surface area contributed by atoms with Crippen LogP contribution < -0.4 is 5.32 Å². The summed E-state index contributed by atoms with van der Waals surface area (Å²) in [5, 5.41) is 3.12. The van der Waals surface area contributed by atoms with E-state index in [9.17, 15) is 4.79 Å². The third-order valence-electron chi connectivity index (χ3n) is 4.24. The summed E-state index contributed by atoms with van der Waals surface area (Å²) in [6.07, 6.45) is 2.57. The normalized spacial score (nSPS) is 17.4. The SMILES string of the molecule is Cc1ccccc1C(=O)NCC(C(C)C)N1CCCC1. The maximum Gasteiger partial charge on any atom is 0.251 e. The van der Waals surface area contributed by atoms with E-state index in [4.69, 9.17) is 0 Å². The molecule has 0 spiro atoms. The van der Waals surface area contributed by atoms with Crippen molar-refractivity contribution in [1.82, 2.24) is 10.2 Å². The molecule has 1 saturated heterocycles. The fourth-order valence-corrected chi connectivity index (χ4v) is 2.98. The minimum absolute atomic E-state index is 0.0490. The van der Waals surface area contributed by atoms with Crippen molar-refractivity contribution < 1.29 is 4.79 Å². The van der Waals surface area contributed by atoms with Gasteiger partial charge in [0.2, 0.25) is 0 Å². The number of likely N-dealkylation sites (tertiary alicyclic amines) is 1. The Balaban J connectivity index is 1.95. The molecule has 0 bridgehead atoms. The zero-order valence-electron chi connectivity index (χ0n) is 12.9. The predicted octanol–water partition coefficient (Wildman–Crippen LogP) is 2.85. The Morgan fingerprint density at radius 3 is 2.50 bits per heavy atom. The third-order valence-corrected chi connectivity index (χ3v) is 4.24. The Morgan fingerprint density at radius 1 is 1.25 bits per heavy atom. The first-order valence-electron chi connectivity index (χ1n) is 7.67. The topological polar surface area (TPSA) is 32.3 Å². The number of nitrogens with zero attached hydrogens (tertiary/aromatic N) is 1. The fraction of sp³-hybridized carbons (Fsp3) is 0.588. The molecule has 3 nitrogen and oxygen atoms in total. The zero-order valence-corrected chi connectivity index (χ0v) is 12.9. The first-order valence-corrected chi connectivity index (χ1v) is 7.67. The van der Waals surface area contributed by atoms with Gasteiger partial charge in [-0.25, -0.2) is 0 Å². The van der Waals surface area contributed by atoms with Gasteiger partial charge < -0.3 is 5.32 Å². The van der Waals surface area contributed by atoms with Crippen LogP contribution in [-0.4, -0.2) is 36.5 Å². The smallest absolute Gasteiger partial charge is 0.251 e. The lowest BCUT2D eigenvalue weighted by Crippen LogP contribution is -2.45. The average Bonchev–Trinajstić information content (AvgIpc) is 2.92. The van der Waals surface area contributed by atoms with Crippen molar-refractivity contribution in [3.63, 3.8) is 0 Å². The molecule has 3 heteroatoms. The molecular formula is C17H26N2O. The van der Waals surface area contributed by atoms with Crippen molar-refractivity contribution in [3.05, 3.63) is 35.4 Å².